The standard InChI is InChI=1S/C14H21NOS/c1-16-13-5-2-11(3-6-13)4-7-14(15)12-8-9-17-10-12/h2-3,5-6,12,14H,4,7-10,15H2,1H3. The summed E-state index contributed by atoms with van der Waals surface area (Å²) >= 11 is 2.04. The monoisotopic (exact) mass is 251 g/mol. The number of nitrogens with two attached hydrogens (primary N) is 1. The average molecular weight is 251 g/mol. The fraction of sp³-hybridized carbons (Fsp3) is 0.571. The Morgan fingerprint density at radius 1 is 1.41 bits per heavy atom. The number of hydrogen-bond acceptors (Lipinski definition) is 3. The van der Waals surface area contributed by atoms with Gasteiger partial charge in [0.2, 0.25) is 0 Å². The Kier molecular flexibility index (Phi) is 4.75. The van der Waals surface area contributed by atoms with Gasteiger partial charge in [0, 0.05) is 6.04 Å². The van der Waals surface area contributed by atoms with Crippen LogP contribution in [0.25, 0.3) is 0 Å². The Balaban J connectivity index is 1.80. The molecule has 0 aromatic heterocycles. The highest BCUT2D eigenvalue weighted by Crippen LogP contribution is 2.27. The summed E-state index contributed by atoms with van der Waals surface area (Å²) in [7, 11) is 1.70. The zero-order valence-electron chi connectivity index (χ0n) is 10.4. The number of aryl methyl sites for hydroxylation is 1. The van der Waals surface area contributed by atoms with E-state index in [1.165, 1.54) is 23.5 Å². The first kappa shape index (κ1) is 12.8. The molecule has 2 rings (SSSR count). The lowest BCUT2D eigenvalue weighted by Gasteiger charge is -2.17. The van der Waals surface area contributed by atoms with Gasteiger partial charge in [-0.2, -0.15) is 11.8 Å². The van der Waals surface area contributed by atoms with Crippen LogP contribution in [0, 0.1) is 5.92 Å². The topological polar surface area (TPSA) is 35.2 Å². The van der Waals surface area contributed by atoms with Crippen molar-refractivity contribution in [1.82, 2.24) is 0 Å². The Morgan fingerprint density at radius 2 is 2.18 bits per heavy atom. The van der Waals surface area contributed by atoms with Crippen molar-refractivity contribution in [1.29, 1.82) is 0 Å². The van der Waals surface area contributed by atoms with E-state index < -0.39 is 0 Å². The molecule has 1 fully saturated rings. The van der Waals surface area contributed by atoms with Gasteiger partial charge >= 0.3 is 0 Å². The third kappa shape index (κ3) is 3.65. The highest BCUT2D eigenvalue weighted by molar-refractivity contribution is 7.99. The molecule has 1 aromatic rings. The Morgan fingerprint density at radius 3 is 2.76 bits per heavy atom. The van der Waals surface area contributed by atoms with Crippen molar-refractivity contribution >= 4 is 11.8 Å². The van der Waals surface area contributed by atoms with Gasteiger partial charge in [0.05, 0.1) is 7.11 Å². The van der Waals surface area contributed by atoms with Gasteiger partial charge in [0.15, 0.2) is 0 Å². The maximum Gasteiger partial charge on any atom is 0.118 e. The quantitative estimate of drug-likeness (QED) is 0.874. The van der Waals surface area contributed by atoms with Gasteiger partial charge < -0.3 is 10.5 Å². The fourth-order valence-corrected chi connectivity index (χ4v) is 3.60. The average Bonchev–Trinajstić information content (AvgIpc) is 2.90. The molecule has 2 nitrogen and oxygen atoms in total. The maximum atomic E-state index is 6.24. The summed E-state index contributed by atoms with van der Waals surface area (Å²) in [6, 6.07) is 8.68. The molecule has 0 bridgehead atoms. The molecule has 2 N–H and O–H groups in total. The van der Waals surface area contributed by atoms with E-state index in [-0.39, 0.29) is 0 Å². The van der Waals surface area contributed by atoms with Crippen LogP contribution in [0.2, 0.25) is 0 Å². The number of thioether (sulfide) groups is 1. The predicted octanol–water partition coefficient (Wildman–Crippen LogP) is 2.71. The van der Waals surface area contributed by atoms with Crippen LogP contribution >= 0.6 is 11.8 Å². The van der Waals surface area contributed by atoms with Crippen LogP contribution in [0.3, 0.4) is 0 Å². The second-order valence-electron chi connectivity index (χ2n) is 4.67. The first-order valence-electron chi connectivity index (χ1n) is 6.26. The molecule has 2 atom stereocenters. The minimum atomic E-state index is 0.368. The highest BCUT2D eigenvalue weighted by atomic mass is 32.2. The third-order valence-corrected chi connectivity index (χ3v) is 4.68. The van der Waals surface area contributed by atoms with Crippen molar-refractivity contribution in [3.05, 3.63) is 29.8 Å². The third-order valence-electron chi connectivity index (χ3n) is 3.50. The van der Waals surface area contributed by atoms with Crippen LogP contribution in [0.1, 0.15) is 18.4 Å². The number of methoxy groups -OCH3 is 1. The van der Waals surface area contributed by atoms with Gasteiger partial charge in [-0.25, -0.2) is 0 Å². The van der Waals surface area contributed by atoms with Crippen molar-refractivity contribution in [2.75, 3.05) is 18.6 Å². The molecule has 1 saturated heterocycles. The van der Waals surface area contributed by atoms with E-state index in [9.17, 15) is 0 Å². The van der Waals surface area contributed by atoms with E-state index in [0.717, 1.165) is 24.5 Å². The summed E-state index contributed by atoms with van der Waals surface area (Å²) in [6.07, 6.45) is 3.47. The van der Waals surface area contributed by atoms with E-state index in [1.54, 1.807) is 7.11 Å². The lowest BCUT2D eigenvalue weighted by atomic mass is 9.94. The van der Waals surface area contributed by atoms with E-state index in [1.807, 2.05) is 23.9 Å². The molecule has 3 heteroatoms. The largest absolute Gasteiger partial charge is 0.497 e. The Bertz CT molecular complexity index is 333. The summed E-state index contributed by atoms with van der Waals surface area (Å²) < 4.78 is 5.15. The Labute approximate surface area is 108 Å². The van der Waals surface area contributed by atoms with Crippen molar-refractivity contribution in [3.63, 3.8) is 0 Å². The molecule has 0 saturated carbocycles. The fourth-order valence-electron chi connectivity index (χ4n) is 2.25. The van der Waals surface area contributed by atoms with E-state index in [4.69, 9.17) is 10.5 Å². The molecular formula is C14H21NOS. The van der Waals surface area contributed by atoms with Crippen molar-refractivity contribution in [2.24, 2.45) is 11.7 Å². The maximum absolute atomic E-state index is 6.24. The minimum absolute atomic E-state index is 0.368. The first-order valence-corrected chi connectivity index (χ1v) is 7.41. The van der Waals surface area contributed by atoms with E-state index in [0.29, 0.717) is 6.04 Å². The lowest BCUT2D eigenvalue weighted by molar-refractivity contribution is 0.414. The summed E-state index contributed by atoms with van der Waals surface area (Å²) in [6.45, 7) is 0. The zero-order chi connectivity index (χ0) is 12.1. The molecule has 1 aliphatic heterocycles. The van der Waals surface area contributed by atoms with Gasteiger partial charge in [-0.05, 0) is 54.4 Å². The molecule has 0 aliphatic carbocycles. The Hall–Kier alpha value is -0.670. The zero-order valence-corrected chi connectivity index (χ0v) is 11.2. The molecule has 1 aromatic carbocycles. The molecule has 0 amide bonds. The van der Waals surface area contributed by atoms with Gasteiger partial charge in [0.25, 0.3) is 0 Å². The number of hydrogen-bond donors (Lipinski definition) is 1. The molecule has 2 unspecified atom stereocenters. The molecule has 0 radical (unpaired) electrons. The molecular weight excluding hydrogens is 230 g/mol. The van der Waals surface area contributed by atoms with Crippen molar-refractivity contribution in [3.8, 4) is 5.75 Å². The van der Waals surface area contributed by atoms with Crippen molar-refractivity contribution in [2.45, 2.75) is 25.3 Å². The second-order valence-corrected chi connectivity index (χ2v) is 5.82. The van der Waals surface area contributed by atoms with Crippen LogP contribution in [0.15, 0.2) is 24.3 Å². The van der Waals surface area contributed by atoms with Crippen LogP contribution in [-0.2, 0) is 6.42 Å². The summed E-state index contributed by atoms with van der Waals surface area (Å²) in [5.74, 6) is 4.20. The molecule has 94 valence electrons. The van der Waals surface area contributed by atoms with Crippen molar-refractivity contribution < 1.29 is 4.74 Å². The first-order chi connectivity index (χ1) is 8.29. The van der Waals surface area contributed by atoms with E-state index in [2.05, 4.69) is 12.1 Å². The van der Waals surface area contributed by atoms with Gasteiger partial charge in [-0.3, -0.25) is 0 Å². The highest BCUT2D eigenvalue weighted by Gasteiger charge is 2.21. The normalized spacial score (nSPS) is 21.4. The number of benzene rings is 1. The van der Waals surface area contributed by atoms with Gasteiger partial charge in [0.1, 0.15) is 5.75 Å². The predicted molar refractivity (Wildman–Crippen MR) is 74.7 cm³/mol. The SMILES string of the molecule is COc1ccc(CCC(N)C2CCSC2)cc1. The van der Waals surface area contributed by atoms with Gasteiger partial charge in [-0.15, -0.1) is 0 Å². The summed E-state index contributed by atoms with van der Waals surface area (Å²) in [5.41, 5.74) is 7.60. The van der Waals surface area contributed by atoms with Crippen LogP contribution in [-0.4, -0.2) is 24.7 Å². The van der Waals surface area contributed by atoms with E-state index >= 15 is 0 Å². The molecule has 17 heavy (non-hydrogen) atoms. The lowest BCUT2D eigenvalue weighted by Crippen LogP contribution is -2.30. The second kappa shape index (κ2) is 6.31. The molecule has 0 spiro atoms. The van der Waals surface area contributed by atoms with Gasteiger partial charge in [-0.1, -0.05) is 12.1 Å². The van der Waals surface area contributed by atoms with Crippen LogP contribution in [0.5, 0.6) is 5.75 Å². The summed E-state index contributed by atoms with van der Waals surface area (Å²) in [4.78, 5) is 0. The number of ether oxygens (including phenoxy) is 1. The smallest absolute Gasteiger partial charge is 0.118 e. The minimum Gasteiger partial charge on any atom is -0.497 e. The number of rotatable bonds is 5. The molecule has 1 heterocycles. The summed E-state index contributed by atoms with van der Waals surface area (Å²) in [5, 5.41) is 0. The van der Waals surface area contributed by atoms with Crippen LogP contribution in [0.4, 0.5) is 0 Å². The van der Waals surface area contributed by atoms with Crippen LogP contribution < -0.4 is 10.5 Å². The molecule has 1 aliphatic rings.